The van der Waals surface area contributed by atoms with Crippen molar-refractivity contribution in [1.29, 1.82) is 5.26 Å². The molecule has 3 atom stereocenters. The van der Waals surface area contributed by atoms with Crippen molar-refractivity contribution in [2.24, 2.45) is 11.8 Å². The summed E-state index contributed by atoms with van der Waals surface area (Å²) in [7, 11) is 0. The molecule has 10 heavy (non-hydrogen) atoms. The summed E-state index contributed by atoms with van der Waals surface area (Å²) in [6, 6.07) is 0.531. The van der Waals surface area contributed by atoms with Gasteiger partial charge in [0.1, 0.15) is 0 Å². The number of nitriles is 1. The third-order valence-corrected chi connectivity index (χ3v) is 2.99. The zero-order valence-electron chi connectivity index (χ0n) is 6.01. The third-order valence-electron chi connectivity index (χ3n) is 2.99. The summed E-state index contributed by atoms with van der Waals surface area (Å²) < 4.78 is 0. The largest absolute Gasteiger partial charge is 0.320 e. The summed E-state index contributed by atoms with van der Waals surface area (Å²) in [5.41, 5.74) is 0. The van der Waals surface area contributed by atoms with E-state index in [0.29, 0.717) is 6.04 Å². The van der Waals surface area contributed by atoms with Crippen LogP contribution in [-0.2, 0) is 0 Å². The molecule has 2 heteroatoms. The first kappa shape index (κ1) is 6.03. The van der Waals surface area contributed by atoms with Crippen LogP contribution in [0.4, 0.5) is 0 Å². The van der Waals surface area contributed by atoms with Gasteiger partial charge in [-0.2, -0.15) is 5.26 Å². The molecule has 0 saturated heterocycles. The van der Waals surface area contributed by atoms with Crippen LogP contribution in [0.1, 0.15) is 25.7 Å². The third kappa shape index (κ3) is 0.775. The van der Waals surface area contributed by atoms with Gasteiger partial charge in [0.2, 0.25) is 0 Å². The molecular formula is C8H12N2. The van der Waals surface area contributed by atoms with Crippen molar-refractivity contribution in [3.8, 4) is 6.19 Å². The minimum absolute atomic E-state index is 0.531. The molecule has 0 radical (unpaired) electrons. The molecule has 0 aromatic carbocycles. The Morgan fingerprint density at radius 3 is 2.70 bits per heavy atom. The Morgan fingerprint density at radius 1 is 1.30 bits per heavy atom. The van der Waals surface area contributed by atoms with E-state index in [0.717, 1.165) is 11.8 Å². The van der Waals surface area contributed by atoms with Gasteiger partial charge in [0, 0.05) is 6.04 Å². The van der Waals surface area contributed by atoms with Crippen LogP contribution in [0.15, 0.2) is 0 Å². The second kappa shape index (κ2) is 2.16. The first-order valence-corrected chi connectivity index (χ1v) is 4.05. The highest BCUT2D eigenvalue weighted by molar-refractivity contribution is 4.96. The summed E-state index contributed by atoms with van der Waals surface area (Å²) in [4.78, 5) is 0. The number of nitrogens with one attached hydrogen (secondary N) is 1. The number of nitrogens with zero attached hydrogens (tertiary/aromatic N) is 1. The molecule has 1 N–H and O–H groups in total. The Hall–Kier alpha value is -0.710. The predicted octanol–water partition coefficient (Wildman–Crippen LogP) is 1.25. The molecule has 2 aliphatic rings. The van der Waals surface area contributed by atoms with Crippen LogP contribution >= 0.6 is 0 Å². The van der Waals surface area contributed by atoms with Gasteiger partial charge in [0.25, 0.3) is 0 Å². The molecule has 0 spiro atoms. The molecule has 2 bridgehead atoms. The van der Waals surface area contributed by atoms with Crippen LogP contribution in [-0.4, -0.2) is 6.04 Å². The highest BCUT2D eigenvalue weighted by Gasteiger charge is 2.39. The maximum atomic E-state index is 8.39. The van der Waals surface area contributed by atoms with E-state index in [1.807, 2.05) is 6.19 Å². The summed E-state index contributed by atoms with van der Waals surface area (Å²) in [5.74, 6) is 1.76. The topological polar surface area (TPSA) is 35.8 Å². The van der Waals surface area contributed by atoms with Crippen LogP contribution in [0.2, 0.25) is 0 Å². The molecule has 54 valence electrons. The van der Waals surface area contributed by atoms with Crippen molar-refractivity contribution >= 4 is 0 Å². The van der Waals surface area contributed by atoms with Crippen molar-refractivity contribution in [1.82, 2.24) is 5.32 Å². The molecule has 2 nitrogen and oxygen atoms in total. The molecule has 2 saturated carbocycles. The quantitative estimate of drug-likeness (QED) is 0.435. The molecule has 0 aliphatic heterocycles. The summed E-state index contributed by atoms with van der Waals surface area (Å²) >= 11 is 0. The van der Waals surface area contributed by atoms with Crippen molar-refractivity contribution < 1.29 is 0 Å². The minimum atomic E-state index is 0.531. The van der Waals surface area contributed by atoms with Crippen LogP contribution in [0.5, 0.6) is 0 Å². The van der Waals surface area contributed by atoms with E-state index in [4.69, 9.17) is 5.26 Å². The molecule has 0 aromatic heterocycles. The van der Waals surface area contributed by atoms with E-state index in [1.165, 1.54) is 25.7 Å². The second-order valence-electron chi connectivity index (χ2n) is 3.54. The monoisotopic (exact) mass is 136 g/mol. The molecule has 0 aromatic rings. The average Bonchev–Trinajstić information content (AvgIpc) is 2.48. The molecule has 2 aliphatic carbocycles. The van der Waals surface area contributed by atoms with Gasteiger partial charge >= 0.3 is 0 Å². The first-order chi connectivity index (χ1) is 4.90. The Balaban J connectivity index is 1.97. The van der Waals surface area contributed by atoms with Crippen molar-refractivity contribution in [2.75, 3.05) is 0 Å². The lowest BCUT2D eigenvalue weighted by Gasteiger charge is -2.19. The van der Waals surface area contributed by atoms with Gasteiger partial charge in [-0.25, -0.2) is 0 Å². The number of rotatable bonds is 1. The van der Waals surface area contributed by atoms with E-state index >= 15 is 0 Å². The Labute approximate surface area is 61.2 Å². The van der Waals surface area contributed by atoms with E-state index < -0.39 is 0 Å². The lowest BCUT2D eigenvalue weighted by molar-refractivity contribution is 0.385. The molecule has 2 rings (SSSR count). The Morgan fingerprint density at radius 2 is 2.20 bits per heavy atom. The lowest BCUT2D eigenvalue weighted by atomic mass is 9.96. The highest BCUT2D eigenvalue weighted by Crippen LogP contribution is 2.44. The van der Waals surface area contributed by atoms with Crippen LogP contribution in [0, 0.1) is 23.3 Å². The molecule has 0 heterocycles. The van der Waals surface area contributed by atoms with E-state index in [9.17, 15) is 0 Å². The molecule has 0 amide bonds. The van der Waals surface area contributed by atoms with Gasteiger partial charge in [0.15, 0.2) is 6.19 Å². The SMILES string of the molecule is N#CNC1CC2CCC1C2. The van der Waals surface area contributed by atoms with Crippen LogP contribution in [0.3, 0.4) is 0 Å². The van der Waals surface area contributed by atoms with Gasteiger partial charge < -0.3 is 5.32 Å². The molecule has 3 unspecified atom stereocenters. The number of fused-ring (bicyclic) bond motifs is 2. The van der Waals surface area contributed by atoms with Gasteiger partial charge in [-0.15, -0.1) is 0 Å². The average molecular weight is 136 g/mol. The predicted molar refractivity (Wildman–Crippen MR) is 38.0 cm³/mol. The Bertz CT molecular complexity index is 171. The van der Waals surface area contributed by atoms with Gasteiger partial charge in [-0.05, 0) is 31.1 Å². The highest BCUT2D eigenvalue weighted by atomic mass is 14.9. The zero-order valence-corrected chi connectivity index (χ0v) is 6.01. The normalized spacial score (nSPS) is 43.3. The number of hydrogen-bond acceptors (Lipinski definition) is 2. The fourth-order valence-electron chi connectivity index (χ4n) is 2.50. The zero-order chi connectivity index (χ0) is 6.97. The van der Waals surface area contributed by atoms with Crippen LogP contribution in [0.25, 0.3) is 0 Å². The van der Waals surface area contributed by atoms with Gasteiger partial charge in [0.05, 0.1) is 0 Å². The standard InChI is InChI=1S/C8H12N2/c9-5-10-8-4-6-1-2-7(8)3-6/h6-8,10H,1-4H2. The maximum absolute atomic E-state index is 8.39. The van der Waals surface area contributed by atoms with E-state index in [1.54, 1.807) is 0 Å². The first-order valence-electron chi connectivity index (χ1n) is 4.05. The Kier molecular flexibility index (Phi) is 1.30. The maximum Gasteiger partial charge on any atom is 0.176 e. The fraction of sp³-hybridized carbons (Fsp3) is 0.875. The second-order valence-corrected chi connectivity index (χ2v) is 3.54. The summed E-state index contributed by atoms with van der Waals surface area (Å²) in [5, 5.41) is 11.3. The smallest absolute Gasteiger partial charge is 0.176 e. The van der Waals surface area contributed by atoms with Crippen molar-refractivity contribution in [3.63, 3.8) is 0 Å². The summed E-state index contributed by atoms with van der Waals surface area (Å²) in [6.45, 7) is 0. The summed E-state index contributed by atoms with van der Waals surface area (Å²) in [6.07, 6.45) is 7.43. The lowest BCUT2D eigenvalue weighted by Crippen LogP contribution is -2.29. The minimum Gasteiger partial charge on any atom is -0.320 e. The number of hydrogen-bond donors (Lipinski definition) is 1. The van der Waals surface area contributed by atoms with E-state index in [2.05, 4.69) is 5.32 Å². The van der Waals surface area contributed by atoms with Crippen LogP contribution < -0.4 is 5.32 Å². The molecule has 2 fully saturated rings. The van der Waals surface area contributed by atoms with Gasteiger partial charge in [-0.1, -0.05) is 6.42 Å². The van der Waals surface area contributed by atoms with Crippen molar-refractivity contribution in [2.45, 2.75) is 31.7 Å². The fourth-order valence-corrected chi connectivity index (χ4v) is 2.50. The van der Waals surface area contributed by atoms with E-state index in [-0.39, 0.29) is 0 Å². The molecular weight excluding hydrogens is 124 g/mol. The van der Waals surface area contributed by atoms with Gasteiger partial charge in [-0.3, -0.25) is 0 Å². The van der Waals surface area contributed by atoms with Crippen molar-refractivity contribution in [3.05, 3.63) is 0 Å².